The fourth-order valence-electron chi connectivity index (χ4n) is 3.82. The molecule has 4 rings (SSSR count). The van der Waals surface area contributed by atoms with Crippen molar-refractivity contribution in [3.8, 4) is 6.07 Å². The zero-order valence-electron chi connectivity index (χ0n) is 15.2. The number of aliphatic hydroxyl groups is 1. The van der Waals surface area contributed by atoms with Gasteiger partial charge >= 0.3 is 0 Å². The van der Waals surface area contributed by atoms with Gasteiger partial charge in [-0.1, -0.05) is 42.5 Å². The summed E-state index contributed by atoms with van der Waals surface area (Å²) in [4.78, 5) is 9.62. The number of hydrogen-bond acceptors (Lipinski definition) is 5. The molecule has 2 aromatic rings. The number of aliphatic imine (C=N–C) groups is 1. The van der Waals surface area contributed by atoms with Gasteiger partial charge in [0.15, 0.2) is 0 Å². The maximum Gasteiger partial charge on any atom is 0.137 e. The molecule has 136 valence electrons. The minimum Gasteiger partial charge on any atom is -0.395 e. The van der Waals surface area contributed by atoms with Crippen LogP contribution in [0.2, 0.25) is 0 Å². The molecule has 0 bridgehead atoms. The highest BCUT2D eigenvalue weighted by molar-refractivity contribution is 6.08. The first-order valence-electron chi connectivity index (χ1n) is 9.27. The predicted molar refractivity (Wildman–Crippen MR) is 107 cm³/mol. The number of hydrogen-bond donors (Lipinski definition) is 1. The van der Waals surface area contributed by atoms with Crippen LogP contribution in [0, 0.1) is 11.3 Å². The third-order valence-electron chi connectivity index (χ3n) is 5.18. The molecule has 2 aromatic carbocycles. The van der Waals surface area contributed by atoms with Crippen molar-refractivity contribution in [3.05, 3.63) is 71.3 Å². The molecule has 0 amide bonds. The summed E-state index contributed by atoms with van der Waals surface area (Å²) in [6.45, 7) is 4.46. The largest absolute Gasteiger partial charge is 0.395 e. The lowest BCUT2D eigenvalue weighted by Crippen LogP contribution is -2.49. The average Bonchev–Trinajstić information content (AvgIpc) is 2.85. The Labute approximate surface area is 159 Å². The van der Waals surface area contributed by atoms with Gasteiger partial charge < -0.3 is 10.0 Å². The summed E-state index contributed by atoms with van der Waals surface area (Å²) in [5.41, 5.74) is 4.90. The third-order valence-corrected chi connectivity index (χ3v) is 5.18. The van der Waals surface area contributed by atoms with Crippen LogP contribution < -0.4 is 0 Å². The van der Waals surface area contributed by atoms with Crippen molar-refractivity contribution < 1.29 is 5.11 Å². The highest BCUT2D eigenvalue weighted by atomic mass is 16.3. The summed E-state index contributed by atoms with van der Waals surface area (Å²) in [7, 11) is 0. The highest BCUT2D eigenvalue weighted by Gasteiger charge is 2.26. The Kier molecular flexibility index (Phi) is 5.01. The van der Waals surface area contributed by atoms with Gasteiger partial charge in [0.25, 0.3) is 0 Å². The number of nitrogens with zero attached hydrogens (tertiary/aromatic N) is 4. The van der Waals surface area contributed by atoms with E-state index < -0.39 is 0 Å². The van der Waals surface area contributed by atoms with E-state index in [2.05, 4.69) is 28.0 Å². The summed E-state index contributed by atoms with van der Waals surface area (Å²) in [6, 6.07) is 18.4. The van der Waals surface area contributed by atoms with Gasteiger partial charge in [-0.2, -0.15) is 5.26 Å². The first kappa shape index (κ1) is 17.5. The molecule has 1 saturated heterocycles. The molecule has 0 radical (unpaired) electrons. The van der Waals surface area contributed by atoms with E-state index in [1.165, 1.54) is 0 Å². The van der Waals surface area contributed by atoms with Crippen LogP contribution in [0.4, 0.5) is 5.69 Å². The monoisotopic (exact) mass is 358 g/mol. The lowest BCUT2D eigenvalue weighted by Gasteiger charge is -2.36. The second-order valence-electron chi connectivity index (χ2n) is 6.74. The second-order valence-corrected chi connectivity index (χ2v) is 6.74. The number of fused-ring (bicyclic) bond motifs is 2. The van der Waals surface area contributed by atoms with Crippen LogP contribution in [0.15, 0.2) is 59.6 Å². The summed E-state index contributed by atoms with van der Waals surface area (Å²) in [5, 5.41) is 18.5. The predicted octanol–water partition coefficient (Wildman–Crippen LogP) is 2.64. The normalized spacial score (nSPS) is 18.3. The Morgan fingerprint density at radius 1 is 0.963 bits per heavy atom. The molecule has 1 fully saturated rings. The van der Waals surface area contributed by atoms with E-state index in [1.807, 2.05) is 36.4 Å². The van der Waals surface area contributed by atoms with E-state index in [-0.39, 0.29) is 6.61 Å². The van der Waals surface area contributed by atoms with Gasteiger partial charge in [-0.3, -0.25) is 4.90 Å². The zero-order chi connectivity index (χ0) is 18.6. The maximum atomic E-state index is 9.36. The number of aliphatic hydroxyl groups excluding tert-OH is 1. The molecule has 0 saturated carbocycles. The van der Waals surface area contributed by atoms with E-state index in [1.54, 1.807) is 6.08 Å². The first-order chi connectivity index (χ1) is 13.3. The SMILES string of the molecule is N#C/C=C1/c2ccccc2N=C(N2CCN(CCO)CC2)c2ccccc21. The molecular formula is C22H22N4O. The molecule has 2 aliphatic heterocycles. The summed E-state index contributed by atoms with van der Waals surface area (Å²) in [6.07, 6.45) is 1.62. The molecule has 2 heterocycles. The van der Waals surface area contributed by atoms with Crippen molar-refractivity contribution in [1.29, 1.82) is 5.26 Å². The van der Waals surface area contributed by atoms with Crippen molar-refractivity contribution >= 4 is 17.1 Å². The Bertz CT molecular complexity index is 933. The molecule has 0 spiro atoms. The van der Waals surface area contributed by atoms with E-state index in [4.69, 9.17) is 4.99 Å². The number of β-amino-alcohol motifs (C(OH)–C–C–N with tert-alkyl or cyclic N) is 1. The summed E-state index contributed by atoms with van der Waals surface area (Å²) >= 11 is 0. The fourth-order valence-corrected chi connectivity index (χ4v) is 3.82. The van der Waals surface area contributed by atoms with Crippen molar-refractivity contribution in [1.82, 2.24) is 9.80 Å². The molecule has 27 heavy (non-hydrogen) atoms. The van der Waals surface area contributed by atoms with Gasteiger partial charge in [-0.05, 0) is 11.6 Å². The van der Waals surface area contributed by atoms with Gasteiger partial charge in [0, 0.05) is 55.5 Å². The van der Waals surface area contributed by atoms with Crippen LogP contribution in [0.25, 0.3) is 5.57 Å². The maximum absolute atomic E-state index is 9.36. The molecule has 2 aliphatic rings. The van der Waals surface area contributed by atoms with Gasteiger partial charge in [-0.15, -0.1) is 0 Å². The Morgan fingerprint density at radius 2 is 1.63 bits per heavy atom. The second kappa shape index (κ2) is 7.75. The molecule has 1 N–H and O–H groups in total. The molecule has 5 nitrogen and oxygen atoms in total. The average molecular weight is 358 g/mol. The summed E-state index contributed by atoms with van der Waals surface area (Å²) in [5.74, 6) is 0.961. The molecule has 0 aromatic heterocycles. The van der Waals surface area contributed by atoms with Crippen LogP contribution in [-0.4, -0.2) is 60.1 Å². The lowest BCUT2D eigenvalue weighted by molar-refractivity contribution is 0.147. The Morgan fingerprint density at radius 3 is 2.33 bits per heavy atom. The smallest absolute Gasteiger partial charge is 0.137 e. The first-order valence-corrected chi connectivity index (χ1v) is 9.27. The minimum atomic E-state index is 0.194. The highest BCUT2D eigenvalue weighted by Crippen LogP contribution is 2.37. The van der Waals surface area contributed by atoms with Crippen molar-refractivity contribution in [2.45, 2.75) is 0 Å². The zero-order valence-corrected chi connectivity index (χ0v) is 15.2. The van der Waals surface area contributed by atoms with Gasteiger partial charge in [-0.25, -0.2) is 4.99 Å². The number of allylic oxidation sites excluding steroid dienone is 1. The van der Waals surface area contributed by atoms with Crippen LogP contribution in [0.1, 0.15) is 16.7 Å². The summed E-state index contributed by atoms with van der Waals surface area (Å²) < 4.78 is 0. The molecule has 0 atom stereocenters. The number of amidine groups is 1. The number of rotatable bonds is 2. The van der Waals surface area contributed by atoms with Gasteiger partial charge in [0.1, 0.15) is 5.84 Å². The topological polar surface area (TPSA) is 62.9 Å². The van der Waals surface area contributed by atoms with Gasteiger partial charge in [0.2, 0.25) is 0 Å². The molecule has 0 unspecified atom stereocenters. The van der Waals surface area contributed by atoms with Crippen molar-refractivity contribution in [2.24, 2.45) is 4.99 Å². The minimum absolute atomic E-state index is 0.194. The van der Waals surface area contributed by atoms with Crippen LogP contribution in [0.3, 0.4) is 0 Å². The van der Waals surface area contributed by atoms with E-state index >= 15 is 0 Å². The van der Waals surface area contributed by atoms with Gasteiger partial charge in [0.05, 0.1) is 18.4 Å². The number of nitriles is 1. The molecule has 5 heteroatoms. The van der Waals surface area contributed by atoms with E-state index in [0.717, 1.165) is 66.5 Å². The molecule has 0 aliphatic carbocycles. The standard InChI is InChI=1S/C22H22N4O/c23-10-9-18-17-5-1-2-7-20(17)22(24-21-8-4-3-6-19(18)21)26-13-11-25(12-14-26)15-16-27/h1-9,27H,11-16H2/b18-9+. The number of para-hydroxylation sites is 1. The van der Waals surface area contributed by atoms with Crippen LogP contribution >= 0.6 is 0 Å². The van der Waals surface area contributed by atoms with Crippen molar-refractivity contribution in [3.63, 3.8) is 0 Å². The lowest BCUT2D eigenvalue weighted by atomic mass is 9.93. The molecular weight excluding hydrogens is 336 g/mol. The number of benzene rings is 2. The Hall–Kier alpha value is -2.94. The van der Waals surface area contributed by atoms with E-state index in [0.29, 0.717) is 0 Å². The fraction of sp³-hybridized carbons (Fsp3) is 0.273. The van der Waals surface area contributed by atoms with E-state index in [9.17, 15) is 10.4 Å². The third kappa shape index (κ3) is 3.37. The van der Waals surface area contributed by atoms with Crippen molar-refractivity contribution in [2.75, 3.05) is 39.3 Å². The Balaban J connectivity index is 1.80. The quantitative estimate of drug-likeness (QED) is 0.839. The number of piperazine rings is 1. The van der Waals surface area contributed by atoms with Crippen LogP contribution in [-0.2, 0) is 0 Å². The van der Waals surface area contributed by atoms with Crippen LogP contribution in [0.5, 0.6) is 0 Å².